The monoisotopic (exact) mass is 222 g/mol. The van der Waals surface area contributed by atoms with Crippen LogP contribution >= 0.6 is 0 Å². The molecule has 0 spiro atoms. The first-order valence-corrected chi connectivity index (χ1v) is 5.92. The lowest BCUT2D eigenvalue weighted by Gasteiger charge is -2.01. The van der Waals surface area contributed by atoms with E-state index in [0.29, 0.717) is 6.42 Å². The molecule has 1 nitrogen and oxygen atoms in total. The van der Waals surface area contributed by atoms with Crippen molar-refractivity contribution in [3.8, 4) is 11.1 Å². The molecule has 1 aliphatic carbocycles. The number of benzene rings is 2. The Labute approximate surface area is 101 Å². The molecule has 0 heterocycles. The lowest BCUT2D eigenvalue weighted by molar-refractivity contribution is 0.303. The summed E-state index contributed by atoms with van der Waals surface area (Å²) in [5.41, 5.74) is 6.41. The minimum absolute atomic E-state index is 0.202. The summed E-state index contributed by atoms with van der Waals surface area (Å²) in [5.74, 6) is 0. The molecule has 17 heavy (non-hydrogen) atoms. The van der Waals surface area contributed by atoms with Crippen molar-refractivity contribution >= 4 is 5.57 Å². The predicted octanol–water partition coefficient (Wildman–Crippen LogP) is 3.48. The first kappa shape index (κ1) is 10.3. The summed E-state index contributed by atoms with van der Waals surface area (Å²) in [5, 5.41) is 8.98. The Morgan fingerprint density at radius 3 is 1.71 bits per heavy atom. The molecule has 84 valence electrons. The molecule has 0 unspecified atom stereocenters. The SMILES string of the molecule is OCCC=C1c2ccccc2-c2ccccc21. The van der Waals surface area contributed by atoms with Gasteiger partial charge in [0.05, 0.1) is 0 Å². The van der Waals surface area contributed by atoms with Gasteiger partial charge in [0.2, 0.25) is 0 Å². The second-order valence-electron chi connectivity index (χ2n) is 4.22. The van der Waals surface area contributed by atoms with Gasteiger partial charge in [0.15, 0.2) is 0 Å². The summed E-state index contributed by atoms with van der Waals surface area (Å²) >= 11 is 0. The van der Waals surface area contributed by atoms with Gasteiger partial charge < -0.3 is 5.11 Å². The highest BCUT2D eigenvalue weighted by Crippen LogP contribution is 2.43. The number of aliphatic hydroxyl groups excluding tert-OH is 1. The molecule has 0 amide bonds. The molecule has 0 saturated heterocycles. The fourth-order valence-electron chi connectivity index (χ4n) is 2.48. The summed E-state index contributed by atoms with van der Waals surface area (Å²) in [6.07, 6.45) is 2.84. The highest BCUT2D eigenvalue weighted by atomic mass is 16.2. The van der Waals surface area contributed by atoms with Gasteiger partial charge in [-0.15, -0.1) is 0 Å². The van der Waals surface area contributed by atoms with E-state index in [9.17, 15) is 0 Å². The van der Waals surface area contributed by atoms with E-state index >= 15 is 0 Å². The highest BCUT2D eigenvalue weighted by Gasteiger charge is 2.21. The van der Waals surface area contributed by atoms with Crippen molar-refractivity contribution in [1.29, 1.82) is 0 Å². The maximum atomic E-state index is 8.98. The molecule has 1 N–H and O–H groups in total. The Bertz CT molecular complexity index is 534. The lowest BCUT2D eigenvalue weighted by Crippen LogP contribution is -1.83. The van der Waals surface area contributed by atoms with Crippen LogP contribution in [0.3, 0.4) is 0 Å². The Morgan fingerprint density at radius 1 is 0.765 bits per heavy atom. The average Bonchev–Trinajstić information content (AvgIpc) is 2.71. The van der Waals surface area contributed by atoms with E-state index in [-0.39, 0.29) is 6.61 Å². The summed E-state index contributed by atoms with van der Waals surface area (Å²) < 4.78 is 0. The van der Waals surface area contributed by atoms with E-state index < -0.39 is 0 Å². The summed E-state index contributed by atoms with van der Waals surface area (Å²) in [6.45, 7) is 0.202. The Kier molecular flexibility index (Phi) is 2.54. The van der Waals surface area contributed by atoms with Crippen molar-refractivity contribution in [2.75, 3.05) is 6.61 Å². The van der Waals surface area contributed by atoms with Crippen LogP contribution in [0.5, 0.6) is 0 Å². The minimum atomic E-state index is 0.202. The fraction of sp³-hybridized carbons (Fsp3) is 0.125. The predicted molar refractivity (Wildman–Crippen MR) is 70.7 cm³/mol. The third-order valence-corrected chi connectivity index (χ3v) is 3.20. The summed E-state index contributed by atoms with van der Waals surface area (Å²) in [4.78, 5) is 0. The van der Waals surface area contributed by atoms with E-state index in [2.05, 4.69) is 54.6 Å². The zero-order valence-corrected chi connectivity index (χ0v) is 9.56. The number of rotatable bonds is 2. The molecule has 0 fully saturated rings. The number of hydrogen-bond acceptors (Lipinski definition) is 1. The quantitative estimate of drug-likeness (QED) is 0.703. The van der Waals surface area contributed by atoms with Crippen LogP contribution in [0, 0.1) is 0 Å². The lowest BCUT2D eigenvalue weighted by atomic mass is 10.0. The molecule has 1 heteroatoms. The van der Waals surface area contributed by atoms with Crippen molar-refractivity contribution in [1.82, 2.24) is 0 Å². The van der Waals surface area contributed by atoms with Crippen molar-refractivity contribution in [3.05, 3.63) is 65.7 Å². The molecular formula is C16H14O. The van der Waals surface area contributed by atoms with Crippen LogP contribution in [0.25, 0.3) is 16.7 Å². The average molecular weight is 222 g/mol. The molecule has 0 atom stereocenters. The van der Waals surface area contributed by atoms with Crippen molar-refractivity contribution < 1.29 is 5.11 Å². The van der Waals surface area contributed by atoms with Gasteiger partial charge in [0.1, 0.15) is 0 Å². The van der Waals surface area contributed by atoms with Gasteiger partial charge in [-0.3, -0.25) is 0 Å². The molecule has 0 bridgehead atoms. The number of aliphatic hydroxyl groups is 1. The van der Waals surface area contributed by atoms with Crippen LogP contribution in [0.15, 0.2) is 54.6 Å². The van der Waals surface area contributed by atoms with Crippen molar-refractivity contribution in [2.24, 2.45) is 0 Å². The Hall–Kier alpha value is -1.86. The van der Waals surface area contributed by atoms with Crippen LogP contribution in [0.4, 0.5) is 0 Å². The van der Waals surface area contributed by atoms with Crippen LogP contribution in [0.2, 0.25) is 0 Å². The van der Waals surface area contributed by atoms with Gasteiger partial charge in [0, 0.05) is 6.61 Å². The van der Waals surface area contributed by atoms with Crippen LogP contribution in [0.1, 0.15) is 17.5 Å². The van der Waals surface area contributed by atoms with E-state index in [4.69, 9.17) is 5.11 Å². The molecule has 0 aliphatic heterocycles. The Balaban J connectivity index is 2.24. The van der Waals surface area contributed by atoms with E-state index in [1.807, 2.05) is 0 Å². The third kappa shape index (κ3) is 1.60. The normalized spacial score (nSPS) is 12.2. The molecule has 0 radical (unpaired) electrons. The first-order valence-electron chi connectivity index (χ1n) is 5.92. The second-order valence-corrected chi connectivity index (χ2v) is 4.22. The maximum Gasteiger partial charge on any atom is 0.0465 e. The minimum Gasteiger partial charge on any atom is -0.396 e. The summed E-state index contributed by atoms with van der Waals surface area (Å²) in [7, 11) is 0. The fourth-order valence-corrected chi connectivity index (χ4v) is 2.48. The molecule has 2 aromatic carbocycles. The van der Waals surface area contributed by atoms with E-state index in [1.165, 1.54) is 27.8 Å². The molecule has 3 rings (SSSR count). The van der Waals surface area contributed by atoms with Gasteiger partial charge in [-0.1, -0.05) is 54.6 Å². The molecule has 0 aromatic heterocycles. The smallest absolute Gasteiger partial charge is 0.0465 e. The van der Waals surface area contributed by atoms with Gasteiger partial charge in [-0.2, -0.15) is 0 Å². The highest BCUT2D eigenvalue weighted by molar-refractivity contribution is 6.00. The van der Waals surface area contributed by atoms with Gasteiger partial charge in [0.25, 0.3) is 0 Å². The van der Waals surface area contributed by atoms with E-state index in [1.54, 1.807) is 0 Å². The van der Waals surface area contributed by atoms with Crippen LogP contribution in [-0.4, -0.2) is 11.7 Å². The molecule has 0 saturated carbocycles. The van der Waals surface area contributed by atoms with Crippen LogP contribution < -0.4 is 0 Å². The van der Waals surface area contributed by atoms with E-state index in [0.717, 1.165) is 0 Å². The van der Waals surface area contributed by atoms with Crippen LogP contribution in [-0.2, 0) is 0 Å². The molecule has 2 aromatic rings. The third-order valence-electron chi connectivity index (χ3n) is 3.20. The topological polar surface area (TPSA) is 20.2 Å². The standard InChI is InChI=1S/C16H14O/c17-11-5-10-16-14-8-3-1-6-12(14)13-7-2-4-9-15(13)16/h1-4,6-10,17H,5,11H2. The summed E-state index contributed by atoms with van der Waals surface area (Å²) in [6, 6.07) is 16.9. The number of hydrogen-bond donors (Lipinski definition) is 1. The molecule has 1 aliphatic rings. The first-order chi connectivity index (χ1) is 8.42. The van der Waals surface area contributed by atoms with Crippen molar-refractivity contribution in [2.45, 2.75) is 6.42 Å². The number of fused-ring (bicyclic) bond motifs is 3. The molecular weight excluding hydrogens is 208 g/mol. The zero-order valence-electron chi connectivity index (χ0n) is 9.56. The van der Waals surface area contributed by atoms with Gasteiger partial charge in [-0.25, -0.2) is 0 Å². The second kappa shape index (κ2) is 4.19. The maximum absolute atomic E-state index is 8.98. The van der Waals surface area contributed by atoms with Gasteiger partial charge in [-0.05, 0) is 34.2 Å². The largest absolute Gasteiger partial charge is 0.396 e. The Morgan fingerprint density at radius 2 is 1.24 bits per heavy atom. The van der Waals surface area contributed by atoms with Gasteiger partial charge >= 0.3 is 0 Å². The zero-order chi connectivity index (χ0) is 11.7. The van der Waals surface area contributed by atoms with Crippen molar-refractivity contribution in [3.63, 3.8) is 0 Å².